The van der Waals surface area contributed by atoms with E-state index in [1.54, 1.807) is 0 Å². The molecule has 0 spiro atoms. The van der Waals surface area contributed by atoms with Crippen molar-refractivity contribution in [2.45, 2.75) is 26.3 Å². The molecule has 1 aromatic heterocycles. The van der Waals surface area contributed by atoms with Gasteiger partial charge in [0.15, 0.2) is 0 Å². The molecule has 6 nitrogen and oxygen atoms in total. The van der Waals surface area contributed by atoms with E-state index in [0.717, 1.165) is 6.42 Å². The summed E-state index contributed by atoms with van der Waals surface area (Å²) in [6, 6.07) is -0.712. The van der Waals surface area contributed by atoms with Crippen LogP contribution in [-0.4, -0.2) is 33.7 Å². The molecule has 1 rings (SSSR count). The number of anilines is 1. The van der Waals surface area contributed by atoms with Gasteiger partial charge in [-0.25, -0.2) is 0 Å². The van der Waals surface area contributed by atoms with Gasteiger partial charge in [-0.15, -0.1) is 0 Å². The Labute approximate surface area is 93.7 Å². The van der Waals surface area contributed by atoms with Crippen LogP contribution in [0.4, 0.5) is 5.82 Å². The first-order valence-electron chi connectivity index (χ1n) is 5.07. The van der Waals surface area contributed by atoms with Crippen molar-refractivity contribution in [3.63, 3.8) is 0 Å². The summed E-state index contributed by atoms with van der Waals surface area (Å²) in [6.07, 6.45) is 3.83. The number of hydrogen-bond donors (Lipinski definition) is 2. The smallest absolute Gasteiger partial charge is 0.325 e. The molecule has 1 heterocycles. The summed E-state index contributed by atoms with van der Waals surface area (Å²) in [5.41, 5.74) is 0. The van der Waals surface area contributed by atoms with Crippen LogP contribution >= 0.6 is 0 Å². The molecule has 0 saturated heterocycles. The molecule has 0 aliphatic rings. The molecule has 88 valence electrons. The van der Waals surface area contributed by atoms with Gasteiger partial charge >= 0.3 is 5.97 Å². The lowest BCUT2D eigenvalue weighted by Gasteiger charge is -2.10. The van der Waals surface area contributed by atoms with Gasteiger partial charge < -0.3 is 15.2 Å². The first-order chi connectivity index (χ1) is 7.63. The van der Waals surface area contributed by atoms with Crippen LogP contribution in [0.3, 0.4) is 0 Å². The van der Waals surface area contributed by atoms with Gasteiger partial charge in [-0.05, 0) is 13.3 Å². The van der Waals surface area contributed by atoms with E-state index in [2.05, 4.69) is 15.3 Å². The number of nitrogens with zero attached hydrogens (tertiary/aromatic N) is 2. The van der Waals surface area contributed by atoms with Gasteiger partial charge in [0, 0.05) is 0 Å². The molecule has 0 amide bonds. The third kappa shape index (κ3) is 3.72. The van der Waals surface area contributed by atoms with Crippen LogP contribution in [-0.2, 0) is 4.79 Å². The number of aliphatic carboxylic acids is 1. The number of ether oxygens (including phenoxy) is 1. The fourth-order valence-corrected chi connectivity index (χ4v) is 0.977. The second kappa shape index (κ2) is 5.89. The molecular formula is C10H15N3O3. The highest BCUT2D eigenvalue weighted by Gasteiger charge is 2.11. The van der Waals surface area contributed by atoms with Crippen molar-refractivity contribution in [3.8, 4) is 5.88 Å². The van der Waals surface area contributed by atoms with Crippen molar-refractivity contribution in [2.24, 2.45) is 0 Å². The monoisotopic (exact) mass is 225 g/mol. The third-order valence-corrected chi connectivity index (χ3v) is 1.80. The maximum atomic E-state index is 10.6. The summed E-state index contributed by atoms with van der Waals surface area (Å²) < 4.78 is 5.28. The first kappa shape index (κ1) is 12.2. The average Bonchev–Trinajstić information content (AvgIpc) is 2.26. The molecule has 0 radical (unpaired) electrons. The molecule has 1 atom stereocenters. The molecule has 16 heavy (non-hydrogen) atoms. The molecule has 1 aromatic rings. The fraction of sp³-hybridized carbons (Fsp3) is 0.500. The van der Waals surface area contributed by atoms with E-state index in [4.69, 9.17) is 9.84 Å². The predicted octanol–water partition coefficient (Wildman–Crippen LogP) is 1.15. The molecule has 0 aromatic carbocycles. The molecule has 2 N–H and O–H groups in total. The SMILES string of the molecule is CCCOc1cncc(NC(C)C(=O)O)n1. The van der Waals surface area contributed by atoms with Crippen LogP contribution in [0.1, 0.15) is 20.3 Å². The van der Waals surface area contributed by atoms with Gasteiger partial charge in [0.25, 0.3) is 0 Å². The van der Waals surface area contributed by atoms with Gasteiger partial charge in [0.1, 0.15) is 11.9 Å². The maximum Gasteiger partial charge on any atom is 0.325 e. The molecule has 0 saturated carbocycles. The summed E-state index contributed by atoms with van der Waals surface area (Å²) in [4.78, 5) is 18.6. The van der Waals surface area contributed by atoms with E-state index in [1.165, 1.54) is 19.3 Å². The number of carboxylic acids is 1. The Balaban J connectivity index is 2.63. The second-order valence-electron chi connectivity index (χ2n) is 3.30. The third-order valence-electron chi connectivity index (χ3n) is 1.80. The number of nitrogens with one attached hydrogen (secondary N) is 1. The van der Waals surface area contributed by atoms with Crippen LogP contribution in [0.25, 0.3) is 0 Å². The standard InChI is InChI=1S/C10H15N3O3/c1-3-4-16-9-6-11-5-8(13-9)12-7(2)10(14)15/h5-7H,3-4H2,1-2H3,(H,12,13)(H,14,15). The van der Waals surface area contributed by atoms with Crippen molar-refractivity contribution in [1.29, 1.82) is 0 Å². The first-order valence-corrected chi connectivity index (χ1v) is 5.07. The van der Waals surface area contributed by atoms with E-state index in [-0.39, 0.29) is 0 Å². The minimum absolute atomic E-state index is 0.392. The van der Waals surface area contributed by atoms with Crippen molar-refractivity contribution in [1.82, 2.24) is 9.97 Å². The number of rotatable bonds is 6. The highest BCUT2D eigenvalue weighted by Crippen LogP contribution is 2.10. The molecular weight excluding hydrogens is 210 g/mol. The minimum Gasteiger partial charge on any atom is -0.480 e. The van der Waals surface area contributed by atoms with Crippen LogP contribution in [0, 0.1) is 0 Å². The number of carbonyl (C=O) groups is 1. The summed E-state index contributed by atoms with van der Waals surface area (Å²) in [7, 11) is 0. The normalized spacial score (nSPS) is 11.9. The van der Waals surface area contributed by atoms with Crippen LogP contribution in [0.2, 0.25) is 0 Å². The number of hydrogen-bond acceptors (Lipinski definition) is 5. The van der Waals surface area contributed by atoms with Crippen molar-refractivity contribution >= 4 is 11.8 Å². The van der Waals surface area contributed by atoms with Gasteiger partial charge in [0.05, 0.1) is 19.0 Å². The molecule has 6 heteroatoms. The Morgan fingerprint density at radius 1 is 1.62 bits per heavy atom. The Kier molecular flexibility index (Phi) is 4.50. The van der Waals surface area contributed by atoms with Gasteiger partial charge in [-0.3, -0.25) is 9.78 Å². The van der Waals surface area contributed by atoms with E-state index >= 15 is 0 Å². The Morgan fingerprint density at radius 2 is 2.38 bits per heavy atom. The predicted molar refractivity (Wildman–Crippen MR) is 58.5 cm³/mol. The molecule has 1 unspecified atom stereocenters. The van der Waals surface area contributed by atoms with Crippen molar-refractivity contribution in [2.75, 3.05) is 11.9 Å². The fourth-order valence-electron chi connectivity index (χ4n) is 0.977. The molecule has 0 aliphatic heterocycles. The quantitative estimate of drug-likeness (QED) is 0.755. The van der Waals surface area contributed by atoms with E-state index in [9.17, 15) is 4.79 Å². The molecule has 0 fully saturated rings. The zero-order chi connectivity index (χ0) is 12.0. The Hall–Kier alpha value is -1.85. The van der Waals surface area contributed by atoms with Crippen molar-refractivity contribution in [3.05, 3.63) is 12.4 Å². The number of aromatic nitrogens is 2. The summed E-state index contributed by atoms with van der Waals surface area (Å²) in [5, 5.41) is 11.4. The second-order valence-corrected chi connectivity index (χ2v) is 3.30. The topological polar surface area (TPSA) is 84.3 Å². The van der Waals surface area contributed by atoms with Crippen LogP contribution in [0.15, 0.2) is 12.4 Å². The van der Waals surface area contributed by atoms with Crippen LogP contribution < -0.4 is 10.1 Å². The largest absolute Gasteiger partial charge is 0.480 e. The van der Waals surface area contributed by atoms with Gasteiger partial charge in [-0.2, -0.15) is 4.98 Å². The molecule has 0 aliphatic carbocycles. The lowest BCUT2D eigenvalue weighted by atomic mass is 10.3. The Bertz CT molecular complexity index is 357. The minimum atomic E-state index is -0.943. The number of carboxylic acid groups (broad SMARTS) is 1. The molecule has 0 bridgehead atoms. The highest BCUT2D eigenvalue weighted by molar-refractivity contribution is 5.76. The van der Waals surface area contributed by atoms with E-state index in [0.29, 0.717) is 18.3 Å². The van der Waals surface area contributed by atoms with Gasteiger partial charge in [0.2, 0.25) is 5.88 Å². The zero-order valence-electron chi connectivity index (χ0n) is 9.30. The summed E-state index contributed by atoms with van der Waals surface area (Å²) >= 11 is 0. The lowest BCUT2D eigenvalue weighted by Crippen LogP contribution is -2.26. The Morgan fingerprint density at radius 3 is 3.00 bits per heavy atom. The van der Waals surface area contributed by atoms with Crippen LogP contribution in [0.5, 0.6) is 5.88 Å². The van der Waals surface area contributed by atoms with E-state index in [1.807, 2.05) is 6.92 Å². The van der Waals surface area contributed by atoms with E-state index < -0.39 is 12.0 Å². The average molecular weight is 225 g/mol. The lowest BCUT2D eigenvalue weighted by molar-refractivity contribution is -0.137. The zero-order valence-corrected chi connectivity index (χ0v) is 9.30. The maximum absolute atomic E-state index is 10.6. The summed E-state index contributed by atoms with van der Waals surface area (Å²) in [6.45, 7) is 4.08. The summed E-state index contributed by atoms with van der Waals surface area (Å²) in [5.74, 6) is -0.158. The highest BCUT2D eigenvalue weighted by atomic mass is 16.5. The van der Waals surface area contributed by atoms with Gasteiger partial charge in [-0.1, -0.05) is 6.92 Å². The van der Waals surface area contributed by atoms with Crippen molar-refractivity contribution < 1.29 is 14.6 Å².